The van der Waals surface area contributed by atoms with E-state index in [0.717, 1.165) is 31.2 Å². The summed E-state index contributed by atoms with van der Waals surface area (Å²) in [6, 6.07) is 13.7. The van der Waals surface area contributed by atoms with Gasteiger partial charge >= 0.3 is 5.97 Å². The predicted octanol–water partition coefficient (Wildman–Crippen LogP) is 5.40. The van der Waals surface area contributed by atoms with E-state index < -0.39 is 4.92 Å². The highest BCUT2D eigenvalue weighted by Crippen LogP contribution is 2.27. The van der Waals surface area contributed by atoms with Gasteiger partial charge in [-0.25, -0.2) is 4.79 Å². The van der Waals surface area contributed by atoms with E-state index >= 15 is 0 Å². The lowest BCUT2D eigenvalue weighted by Gasteiger charge is -2.09. The standard InChI is InChI=1S/C23H26N2O5/c1-18(2)23(26)30-16-8-4-3-7-15-29-22-10-6-5-9-21(22)24-17-19-11-13-20(14-12-19)25(27)28/h5-6,9-14,17H,1,3-4,7-8,15-16H2,2H3. The second-order valence-electron chi connectivity index (χ2n) is 6.75. The number of hydrogen-bond acceptors (Lipinski definition) is 6. The number of ether oxygens (including phenoxy) is 2. The Kier molecular flexibility index (Phi) is 9.24. The third kappa shape index (κ3) is 7.87. The first kappa shape index (κ1) is 22.8. The molecule has 0 saturated heterocycles. The van der Waals surface area contributed by atoms with Crippen LogP contribution in [0.2, 0.25) is 0 Å². The van der Waals surface area contributed by atoms with Crippen molar-refractivity contribution in [2.45, 2.75) is 32.6 Å². The molecule has 0 heterocycles. The van der Waals surface area contributed by atoms with E-state index in [9.17, 15) is 14.9 Å². The minimum atomic E-state index is -0.432. The van der Waals surface area contributed by atoms with Crippen molar-refractivity contribution in [3.8, 4) is 5.75 Å². The molecule has 30 heavy (non-hydrogen) atoms. The van der Waals surface area contributed by atoms with Crippen LogP contribution in [0.3, 0.4) is 0 Å². The molecule has 0 bridgehead atoms. The third-order valence-electron chi connectivity index (χ3n) is 4.20. The van der Waals surface area contributed by atoms with Gasteiger partial charge in [0, 0.05) is 23.9 Å². The van der Waals surface area contributed by atoms with Gasteiger partial charge in [-0.05, 0) is 62.4 Å². The highest BCUT2D eigenvalue weighted by molar-refractivity contribution is 5.86. The SMILES string of the molecule is C=C(C)C(=O)OCCCCCCOc1ccccc1N=Cc1ccc([N+](=O)[O-])cc1. The quantitative estimate of drug-likeness (QED) is 0.117. The van der Waals surface area contributed by atoms with E-state index in [0.29, 0.717) is 30.2 Å². The predicted molar refractivity (Wildman–Crippen MR) is 117 cm³/mol. The molecule has 7 heteroatoms. The number of nitrogens with zero attached hydrogens (tertiary/aromatic N) is 2. The molecule has 0 aliphatic heterocycles. The zero-order chi connectivity index (χ0) is 21.8. The van der Waals surface area contributed by atoms with Crippen LogP contribution in [0, 0.1) is 10.1 Å². The van der Waals surface area contributed by atoms with E-state index in [1.165, 1.54) is 12.1 Å². The minimum absolute atomic E-state index is 0.0462. The zero-order valence-corrected chi connectivity index (χ0v) is 17.1. The number of unbranched alkanes of at least 4 members (excludes halogenated alkanes) is 3. The molecular formula is C23H26N2O5. The van der Waals surface area contributed by atoms with Crippen molar-refractivity contribution >= 4 is 23.6 Å². The van der Waals surface area contributed by atoms with Crippen LogP contribution < -0.4 is 4.74 Å². The molecule has 0 radical (unpaired) electrons. The fourth-order valence-corrected chi connectivity index (χ4v) is 2.54. The molecule has 0 aromatic heterocycles. The van der Waals surface area contributed by atoms with Gasteiger partial charge in [-0.3, -0.25) is 15.1 Å². The van der Waals surface area contributed by atoms with Gasteiger partial charge in [0.1, 0.15) is 11.4 Å². The lowest BCUT2D eigenvalue weighted by molar-refractivity contribution is -0.384. The Morgan fingerprint density at radius 3 is 2.40 bits per heavy atom. The van der Waals surface area contributed by atoms with E-state index in [4.69, 9.17) is 9.47 Å². The summed E-state index contributed by atoms with van der Waals surface area (Å²) in [5.74, 6) is 0.343. The van der Waals surface area contributed by atoms with Crippen LogP contribution in [0.25, 0.3) is 0 Å². The molecular weight excluding hydrogens is 384 g/mol. The summed E-state index contributed by atoms with van der Waals surface area (Å²) < 4.78 is 10.9. The number of non-ortho nitro benzene ring substituents is 1. The Morgan fingerprint density at radius 2 is 1.73 bits per heavy atom. The van der Waals surface area contributed by atoms with E-state index in [1.807, 2.05) is 24.3 Å². The van der Waals surface area contributed by atoms with Crippen LogP contribution in [0.15, 0.2) is 65.7 Å². The minimum Gasteiger partial charge on any atom is -0.491 e. The molecule has 0 saturated carbocycles. The molecule has 2 rings (SSSR count). The first-order valence-electron chi connectivity index (χ1n) is 9.80. The summed E-state index contributed by atoms with van der Waals surface area (Å²) in [5.41, 5.74) is 1.92. The van der Waals surface area contributed by atoms with Crippen LogP contribution in [-0.4, -0.2) is 30.3 Å². The van der Waals surface area contributed by atoms with Crippen molar-refractivity contribution in [3.05, 3.63) is 76.4 Å². The summed E-state index contributed by atoms with van der Waals surface area (Å²) in [7, 11) is 0. The van der Waals surface area contributed by atoms with E-state index in [1.54, 1.807) is 25.3 Å². The normalized spacial score (nSPS) is 10.7. The molecule has 7 nitrogen and oxygen atoms in total. The highest BCUT2D eigenvalue weighted by atomic mass is 16.6. The molecule has 0 amide bonds. The van der Waals surface area contributed by atoms with Crippen molar-refractivity contribution in [1.82, 2.24) is 0 Å². The lowest BCUT2D eigenvalue weighted by Crippen LogP contribution is -2.06. The monoisotopic (exact) mass is 410 g/mol. The van der Waals surface area contributed by atoms with Crippen molar-refractivity contribution in [1.29, 1.82) is 0 Å². The number of para-hydroxylation sites is 2. The fourth-order valence-electron chi connectivity index (χ4n) is 2.54. The number of benzene rings is 2. The Bertz CT molecular complexity index is 891. The molecule has 0 spiro atoms. The van der Waals surface area contributed by atoms with Gasteiger partial charge in [-0.15, -0.1) is 0 Å². The van der Waals surface area contributed by atoms with Crippen molar-refractivity contribution < 1.29 is 19.2 Å². The summed E-state index contributed by atoms with van der Waals surface area (Å²) in [6.45, 7) is 6.15. The molecule has 0 aliphatic carbocycles. The van der Waals surface area contributed by atoms with Gasteiger partial charge in [-0.1, -0.05) is 18.7 Å². The fraction of sp³-hybridized carbons (Fsp3) is 0.304. The van der Waals surface area contributed by atoms with E-state index in [-0.39, 0.29) is 11.7 Å². The Balaban J connectivity index is 1.75. The second-order valence-corrected chi connectivity index (χ2v) is 6.75. The lowest BCUT2D eigenvalue weighted by atomic mass is 10.2. The largest absolute Gasteiger partial charge is 0.491 e. The summed E-state index contributed by atoms with van der Waals surface area (Å²) in [6.07, 6.45) is 5.27. The Morgan fingerprint density at radius 1 is 1.07 bits per heavy atom. The number of carbonyl (C=O) groups excluding carboxylic acids is 1. The number of rotatable bonds is 12. The van der Waals surface area contributed by atoms with Crippen LogP contribution in [-0.2, 0) is 9.53 Å². The molecule has 0 N–H and O–H groups in total. The maximum Gasteiger partial charge on any atom is 0.333 e. The molecule has 0 aliphatic rings. The number of nitro benzene ring substituents is 1. The topological polar surface area (TPSA) is 91.0 Å². The summed E-state index contributed by atoms with van der Waals surface area (Å²) in [5, 5.41) is 10.7. The average molecular weight is 410 g/mol. The molecule has 0 unspecified atom stereocenters. The average Bonchev–Trinajstić information content (AvgIpc) is 2.74. The number of carbonyl (C=O) groups is 1. The van der Waals surface area contributed by atoms with Crippen molar-refractivity contribution in [3.63, 3.8) is 0 Å². The number of aliphatic imine (C=N–C) groups is 1. The van der Waals surface area contributed by atoms with Crippen LogP contribution >= 0.6 is 0 Å². The van der Waals surface area contributed by atoms with Gasteiger partial charge in [0.15, 0.2) is 0 Å². The molecule has 158 valence electrons. The first-order valence-corrected chi connectivity index (χ1v) is 9.80. The second kappa shape index (κ2) is 12.2. The number of esters is 1. The van der Waals surface area contributed by atoms with Gasteiger partial charge in [-0.2, -0.15) is 0 Å². The first-order chi connectivity index (χ1) is 14.5. The van der Waals surface area contributed by atoms with Crippen LogP contribution in [0.5, 0.6) is 5.75 Å². The number of hydrogen-bond donors (Lipinski definition) is 0. The van der Waals surface area contributed by atoms with Gasteiger partial charge in [0.05, 0.1) is 18.1 Å². The zero-order valence-electron chi connectivity index (χ0n) is 17.1. The Labute approximate surface area is 176 Å². The van der Waals surface area contributed by atoms with Gasteiger partial charge in [0.2, 0.25) is 0 Å². The van der Waals surface area contributed by atoms with Crippen molar-refractivity contribution in [2.75, 3.05) is 13.2 Å². The third-order valence-corrected chi connectivity index (χ3v) is 4.20. The highest BCUT2D eigenvalue weighted by Gasteiger charge is 2.05. The van der Waals surface area contributed by atoms with Gasteiger partial charge < -0.3 is 9.47 Å². The van der Waals surface area contributed by atoms with Gasteiger partial charge in [0.25, 0.3) is 5.69 Å². The molecule has 0 atom stereocenters. The smallest absolute Gasteiger partial charge is 0.333 e. The maximum atomic E-state index is 11.3. The Hall–Kier alpha value is -3.48. The van der Waals surface area contributed by atoms with Crippen LogP contribution in [0.4, 0.5) is 11.4 Å². The molecule has 2 aromatic carbocycles. The molecule has 2 aromatic rings. The van der Waals surface area contributed by atoms with E-state index in [2.05, 4.69) is 11.6 Å². The number of nitro groups is 1. The summed E-state index contributed by atoms with van der Waals surface area (Å²) in [4.78, 5) is 26.0. The maximum absolute atomic E-state index is 11.3. The summed E-state index contributed by atoms with van der Waals surface area (Å²) >= 11 is 0. The van der Waals surface area contributed by atoms with Crippen molar-refractivity contribution in [2.24, 2.45) is 4.99 Å². The molecule has 0 fully saturated rings. The van der Waals surface area contributed by atoms with Crippen LogP contribution in [0.1, 0.15) is 38.2 Å².